The molecule has 2 aromatic rings. The first kappa shape index (κ1) is 13.4. The van der Waals surface area contributed by atoms with Gasteiger partial charge in [-0.15, -0.1) is 0 Å². The van der Waals surface area contributed by atoms with Crippen molar-refractivity contribution in [3.05, 3.63) is 59.4 Å². The molecule has 0 aliphatic rings. The lowest BCUT2D eigenvalue weighted by Gasteiger charge is -2.13. The highest BCUT2D eigenvalue weighted by Gasteiger charge is 2.05. The molecule has 0 saturated carbocycles. The van der Waals surface area contributed by atoms with E-state index in [4.69, 9.17) is 4.74 Å². The van der Waals surface area contributed by atoms with Crippen molar-refractivity contribution in [3.63, 3.8) is 0 Å². The number of anilines is 1. The van der Waals surface area contributed by atoms with Gasteiger partial charge in [0.25, 0.3) is 0 Å². The molecule has 0 atom stereocenters. The fraction of sp³-hybridized carbons (Fsp3) is 0.250. The Hall–Kier alpha value is -2.03. The fourth-order valence-corrected chi connectivity index (χ4v) is 1.90. The van der Waals surface area contributed by atoms with E-state index in [0.29, 0.717) is 18.7 Å². The van der Waals surface area contributed by atoms with E-state index < -0.39 is 0 Å². The summed E-state index contributed by atoms with van der Waals surface area (Å²) in [5, 5.41) is 3.23. The number of rotatable bonds is 5. The number of hydrogen-bond donors (Lipinski definition) is 1. The number of ether oxygens (including phenoxy) is 1. The Labute approximate surface area is 113 Å². The lowest BCUT2D eigenvalue weighted by atomic mass is 10.1. The summed E-state index contributed by atoms with van der Waals surface area (Å²) >= 11 is 0. The molecule has 0 spiro atoms. The second-order valence-corrected chi connectivity index (χ2v) is 4.38. The SMILES string of the molecule is CCOc1ccc(C)cc1NCc1ccccc1F. The predicted octanol–water partition coefficient (Wildman–Crippen LogP) is 4.14. The number of benzene rings is 2. The highest BCUT2D eigenvalue weighted by Crippen LogP contribution is 2.26. The normalized spacial score (nSPS) is 10.3. The smallest absolute Gasteiger partial charge is 0.142 e. The van der Waals surface area contributed by atoms with Crippen LogP contribution in [0.25, 0.3) is 0 Å². The van der Waals surface area contributed by atoms with Crippen LogP contribution in [0.1, 0.15) is 18.1 Å². The molecule has 0 unspecified atom stereocenters. The number of hydrogen-bond acceptors (Lipinski definition) is 2. The Morgan fingerprint density at radius 2 is 1.95 bits per heavy atom. The van der Waals surface area contributed by atoms with Crippen molar-refractivity contribution < 1.29 is 9.13 Å². The van der Waals surface area contributed by atoms with Crippen LogP contribution in [0.15, 0.2) is 42.5 Å². The summed E-state index contributed by atoms with van der Waals surface area (Å²) in [5.74, 6) is 0.602. The van der Waals surface area contributed by atoms with E-state index in [1.807, 2.05) is 38.1 Å². The number of halogens is 1. The van der Waals surface area contributed by atoms with Crippen molar-refractivity contribution in [2.45, 2.75) is 20.4 Å². The molecule has 100 valence electrons. The Morgan fingerprint density at radius 1 is 1.16 bits per heavy atom. The quantitative estimate of drug-likeness (QED) is 0.871. The summed E-state index contributed by atoms with van der Waals surface area (Å²) in [6.07, 6.45) is 0. The van der Waals surface area contributed by atoms with Gasteiger partial charge in [0, 0.05) is 12.1 Å². The van der Waals surface area contributed by atoms with Crippen LogP contribution < -0.4 is 10.1 Å². The Bertz CT molecular complexity index is 554. The maximum atomic E-state index is 13.5. The molecule has 2 aromatic carbocycles. The van der Waals surface area contributed by atoms with Crippen molar-refractivity contribution in [3.8, 4) is 5.75 Å². The van der Waals surface area contributed by atoms with Crippen LogP contribution in [-0.2, 0) is 6.54 Å². The lowest BCUT2D eigenvalue weighted by Crippen LogP contribution is -2.04. The van der Waals surface area contributed by atoms with Gasteiger partial charge in [0.2, 0.25) is 0 Å². The van der Waals surface area contributed by atoms with Crippen molar-refractivity contribution in [2.75, 3.05) is 11.9 Å². The van der Waals surface area contributed by atoms with Gasteiger partial charge in [0.15, 0.2) is 0 Å². The fourth-order valence-electron chi connectivity index (χ4n) is 1.90. The monoisotopic (exact) mass is 259 g/mol. The van der Waals surface area contributed by atoms with Gasteiger partial charge in [-0.1, -0.05) is 24.3 Å². The van der Waals surface area contributed by atoms with Crippen molar-refractivity contribution in [2.24, 2.45) is 0 Å². The summed E-state index contributed by atoms with van der Waals surface area (Å²) < 4.78 is 19.1. The van der Waals surface area contributed by atoms with E-state index in [0.717, 1.165) is 17.0 Å². The Kier molecular flexibility index (Phi) is 4.39. The molecule has 19 heavy (non-hydrogen) atoms. The molecule has 0 aromatic heterocycles. The van der Waals surface area contributed by atoms with Gasteiger partial charge in [-0.05, 0) is 37.6 Å². The average molecular weight is 259 g/mol. The van der Waals surface area contributed by atoms with Crippen molar-refractivity contribution >= 4 is 5.69 Å². The van der Waals surface area contributed by atoms with E-state index in [9.17, 15) is 4.39 Å². The van der Waals surface area contributed by atoms with Gasteiger partial charge in [-0.2, -0.15) is 0 Å². The van der Waals surface area contributed by atoms with Crippen molar-refractivity contribution in [1.82, 2.24) is 0 Å². The third-order valence-electron chi connectivity index (χ3n) is 2.86. The molecule has 2 rings (SSSR count). The van der Waals surface area contributed by atoms with Crippen LogP contribution >= 0.6 is 0 Å². The minimum atomic E-state index is -0.194. The van der Waals surface area contributed by atoms with Gasteiger partial charge in [-0.25, -0.2) is 4.39 Å². The topological polar surface area (TPSA) is 21.3 Å². The minimum absolute atomic E-state index is 0.194. The highest BCUT2D eigenvalue weighted by atomic mass is 19.1. The van der Waals surface area contributed by atoms with Crippen LogP contribution in [0, 0.1) is 12.7 Å². The predicted molar refractivity (Wildman–Crippen MR) is 76.1 cm³/mol. The standard InChI is InChI=1S/C16H18FNO/c1-3-19-16-9-8-12(2)10-15(16)18-11-13-6-4-5-7-14(13)17/h4-10,18H,3,11H2,1-2H3. The largest absolute Gasteiger partial charge is 0.492 e. The molecule has 0 saturated heterocycles. The molecule has 0 bridgehead atoms. The zero-order valence-electron chi connectivity index (χ0n) is 11.2. The van der Waals surface area contributed by atoms with Crippen LogP contribution in [0.2, 0.25) is 0 Å². The first-order chi connectivity index (χ1) is 9.20. The van der Waals surface area contributed by atoms with Crippen LogP contribution in [0.3, 0.4) is 0 Å². The molecule has 0 radical (unpaired) electrons. The summed E-state index contributed by atoms with van der Waals surface area (Å²) in [7, 11) is 0. The second kappa shape index (κ2) is 6.23. The molecule has 0 aliphatic carbocycles. The van der Waals surface area contributed by atoms with Gasteiger partial charge in [0.05, 0.1) is 12.3 Å². The summed E-state index contributed by atoms with van der Waals surface area (Å²) in [6, 6.07) is 12.7. The van der Waals surface area contributed by atoms with Crippen LogP contribution in [0.5, 0.6) is 5.75 Å². The molecule has 1 N–H and O–H groups in total. The average Bonchev–Trinajstić information content (AvgIpc) is 2.41. The van der Waals surface area contributed by atoms with E-state index >= 15 is 0 Å². The number of aryl methyl sites for hydroxylation is 1. The Morgan fingerprint density at radius 3 is 2.68 bits per heavy atom. The number of nitrogens with one attached hydrogen (secondary N) is 1. The van der Waals surface area contributed by atoms with Gasteiger partial charge < -0.3 is 10.1 Å². The molecule has 2 nitrogen and oxygen atoms in total. The van der Waals surface area contributed by atoms with Gasteiger partial charge >= 0.3 is 0 Å². The van der Waals surface area contributed by atoms with Gasteiger partial charge in [-0.3, -0.25) is 0 Å². The maximum Gasteiger partial charge on any atom is 0.142 e. The minimum Gasteiger partial charge on any atom is -0.492 e. The van der Waals surface area contributed by atoms with E-state index in [2.05, 4.69) is 5.32 Å². The molecule has 3 heteroatoms. The van der Waals surface area contributed by atoms with Crippen LogP contribution in [0.4, 0.5) is 10.1 Å². The summed E-state index contributed by atoms with van der Waals surface area (Å²) in [4.78, 5) is 0. The van der Waals surface area contributed by atoms with E-state index in [1.165, 1.54) is 6.07 Å². The lowest BCUT2D eigenvalue weighted by molar-refractivity contribution is 0.341. The zero-order valence-corrected chi connectivity index (χ0v) is 11.2. The first-order valence-electron chi connectivity index (χ1n) is 6.41. The summed E-state index contributed by atoms with van der Waals surface area (Å²) in [6.45, 7) is 5.01. The third-order valence-corrected chi connectivity index (χ3v) is 2.86. The van der Waals surface area contributed by atoms with E-state index in [1.54, 1.807) is 12.1 Å². The molecule has 0 fully saturated rings. The van der Waals surface area contributed by atoms with E-state index in [-0.39, 0.29) is 5.82 Å². The molecular weight excluding hydrogens is 241 g/mol. The van der Waals surface area contributed by atoms with Crippen molar-refractivity contribution in [1.29, 1.82) is 0 Å². The third kappa shape index (κ3) is 3.47. The molecule has 0 heterocycles. The second-order valence-electron chi connectivity index (χ2n) is 4.38. The first-order valence-corrected chi connectivity index (χ1v) is 6.41. The molecule has 0 amide bonds. The van der Waals surface area contributed by atoms with Crippen LogP contribution in [-0.4, -0.2) is 6.61 Å². The van der Waals surface area contributed by atoms with Gasteiger partial charge in [0.1, 0.15) is 11.6 Å². The molecule has 0 aliphatic heterocycles. The Balaban J connectivity index is 2.14. The summed E-state index contributed by atoms with van der Waals surface area (Å²) in [5.41, 5.74) is 2.68. The molecular formula is C16H18FNO. The highest BCUT2D eigenvalue weighted by molar-refractivity contribution is 5.58. The maximum absolute atomic E-state index is 13.5. The zero-order chi connectivity index (χ0) is 13.7.